The first-order valence-corrected chi connectivity index (χ1v) is 13.2. The van der Waals surface area contributed by atoms with Gasteiger partial charge in [-0.3, -0.25) is 4.90 Å². The molecular formula is C28H46ClN3O. The molecular weight excluding hydrogens is 430 g/mol. The molecule has 1 aromatic carbocycles. The van der Waals surface area contributed by atoms with Crippen LogP contribution in [-0.4, -0.2) is 63.9 Å². The van der Waals surface area contributed by atoms with Gasteiger partial charge in [0.2, 0.25) is 0 Å². The second-order valence-corrected chi connectivity index (χ2v) is 12.7. The normalized spacial score (nSPS) is 26.2. The molecule has 0 atom stereocenters. The molecule has 0 spiro atoms. The molecule has 0 unspecified atom stereocenters. The maximum atomic E-state index is 5.63. The summed E-state index contributed by atoms with van der Waals surface area (Å²) >= 11 is 0. The van der Waals surface area contributed by atoms with E-state index in [1.807, 2.05) is 0 Å². The van der Waals surface area contributed by atoms with Gasteiger partial charge in [0.1, 0.15) is 0 Å². The van der Waals surface area contributed by atoms with E-state index in [-0.39, 0.29) is 12.4 Å². The summed E-state index contributed by atoms with van der Waals surface area (Å²) in [7, 11) is 0. The Hall–Kier alpha value is -0.970. The average molecular weight is 476 g/mol. The molecule has 0 bridgehead atoms. The SMILES string of the molecule is CC1(C)CC(c2cc(N3CCOCC3)ccc2N2CCN(CC3CC3)CC2)CC(C)(C)C1.Cl. The van der Waals surface area contributed by atoms with Gasteiger partial charge in [-0.15, -0.1) is 12.4 Å². The molecule has 33 heavy (non-hydrogen) atoms. The molecule has 2 aliphatic heterocycles. The van der Waals surface area contributed by atoms with Crippen LogP contribution in [0, 0.1) is 16.7 Å². The van der Waals surface area contributed by atoms with Crippen molar-refractivity contribution in [2.45, 2.75) is 65.7 Å². The fourth-order valence-electron chi connectivity index (χ4n) is 7.08. The molecule has 2 saturated carbocycles. The zero-order valence-electron chi connectivity index (χ0n) is 21.4. The van der Waals surface area contributed by atoms with Crippen molar-refractivity contribution < 1.29 is 4.74 Å². The monoisotopic (exact) mass is 475 g/mol. The molecule has 5 heteroatoms. The number of anilines is 2. The summed E-state index contributed by atoms with van der Waals surface area (Å²) < 4.78 is 5.63. The van der Waals surface area contributed by atoms with Crippen LogP contribution in [0.2, 0.25) is 0 Å². The van der Waals surface area contributed by atoms with Crippen LogP contribution < -0.4 is 9.80 Å². The Balaban J connectivity index is 0.00000259. The van der Waals surface area contributed by atoms with Crippen molar-refractivity contribution in [1.82, 2.24) is 4.90 Å². The largest absolute Gasteiger partial charge is 0.378 e. The Bertz CT molecular complexity index is 776. The third-order valence-corrected chi connectivity index (χ3v) is 8.31. The van der Waals surface area contributed by atoms with Crippen LogP contribution in [0.3, 0.4) is 0 Å². The Kier molecular flexibility index (Phi) is 7.58. The number of nitrogens with zero attached hydrogens (tertiary/aromatic N) is 3. The van der Waals surface area contributed by atoms with Crippen molar-refractivity contribution in [3.63, 3.8) is 0 Å². The predicted octanol–water partition coefficient (Wildman–Crippen LogP) is 5.80. The van der Waals surface area contributed by atoms with E-state index in [1.165, 1.54) is 76.2 Å². The molecule has 186 valence electrons. The smallest absolute Gasteiger partial charge is 0.0642 e. The average Bonchev–Trinajstić information content (AvgIpc) is 3.56. The van der Waals surface area contributed by atoms with Crippen molar-refractivity contribution in [2.24, 2.45) is 16.7 Å². The third kappa shape index (κ3) is 6.18. The van der Waals surface area contributed by atoms with Gasteiger partial charge < -0.3 is 14.5 Å². The summed E-state index contributed by atoms with van der Waals surface area (Å²) in [6, 6.07) is 7.42. The molecule has 2 saturated heterocycles. The standard InChI is InChI=1S/C28H45N3O.ClH/c1-27(2)18-23(19-28(3,4)21-27)25-17-24(30-13-15-32-16-14-30)7-8-26(25)31-11-9-29(10-12-31)20-22-5-6-22;/h7-8,17,22-23H,5-6,9-16,18-21H2,1-4H3;1H. The minimum Gasteiger partial charge on any atom is -0.378 e. The zero-order chi connectivity index (χ0) is 22.3. The second-order valence-electron chi connectivity index (χ2n) is 12.7. The van der Waals surface area contributed by atoms with Gasteiger partial charge >= 0.3 is 0 Å². The van der Waals surface area contributed by atoms with E-state index in [0.29, 0.717) is 16.7 Å². The maximum absolute atomic E-state index is 5.63. The molecule has 2 heterocycles. The molecule has 0 aromatic heterocycles. The van der Waals surface area contributed by atoms with Crippen molar-refractivity contribution in [3.8, 4) is 0 Å². The highest BCUT2D eigenvalue weighted by molar-refractivity contribution is 5.85. The lowest BCUT2D eigenvalue weighted by Crippen LogP contribution is -2.47. The molecule has 2 aliphatic carbocycles. The second kappa shape index (κ2) is 9.95. The summed E-state index contributed by atoms with van der Waals surface area (Å²) in [5.74, 6) is 1.64. The lowest BCUT2D eigenvalue weighted by atomic mass is 9.60. The van der Waals surface area contributed by atoms with Crippen molar-refractivity contribution in [2.75, 3.05) is 68.8 Å². The number of hydrogen-bond donors (Lipinski definition) is 0. The summed E-state index contributed by atoms with van der Waals surface area (Å²) in [4.78, 5) is 7.95. The molecule has 4 aliphatic rings. The van der Waals surface area contributed by atoms with Crippen LogP contribution in [0.5, 0.6) is 0 Å². The Labute approximate surface area is 208 Å². The van der Waals surface area contributed by atoms with Gasteiger partial charge in [0.25, 0.3) is 0 Å². The van der Waals surface area contributed by atoms with Gasteiger partial charge in [-0.1, -0.05) is 27.7 Å². The summed E-state index contributed by atoms with van der Waals surface area (Å²) in [6.07, 6.45) is 6.85. The molecule has 4 fully saturated rings. The van der Waals surface area contributed by atoms with Gasteiger partial charge in [-0.2, -0.15) is 0 Å². The lowest BCUT2D eigenvalue weighted by Gasteiger charge is -2.46. The number of halogens is 1. The van der Waals surface area contributed by atoms with Crippen LogP contribution in [0.25, 0.3) is 0 Å². The van der Waals surface area contributed by atoms with E-state index >= 15 is 0 Å². The summed E-state index contributed by atoms with van der Waals surface area (Å²) in [6.45, 7) is 19.8. The van der Waals surface area contributed by atoms with E-state index in [2.05, 4.69) is 60.6 Å². The number of piperazine rings is 1. The zero-order valence-corrected chi connectivity index (χ0v) is 22.3. The highest BCUT2D eigenvalue weighted by Gasteiger charge is 2.40. The van der Waals surface area contributed by atoms with Gasteiger partial charge in [0.05, 0.1) is 13.2 Å². The quantitative estimate of drug-likeness (QED) is 0.535. The van der Waals surface area contributed by atoms with Gasteiger partial charge in [-0.25, -0.2) is 0 Å². The van der Waals surface area contributed by atoms with Crippen LogP contribution in [0.4, 0.5) is 11.4 Å². The Morgan fingerprint density at radius 3 is 2.09 bits per heavy atom. The van der Waals surface area contributed by atoms with E-state index < -0.39 is 0 Å². The van der Waals surface area contributed by atoms with Crippen molar-refractivity contribution in [3.05, 3.63) is 23.8 Å². The highest BCUT2D eigenvalue weighted by Crippen LogP contribution is 2.53. The van der Waals surface area contributed by atoms with E-state index in [1.54, 1.807) is 5.56 Å². The number of benzene rings is 1. The van der Waals surface area contributed by atoms with Crippen LogP contribution in [-0.2, 0) is 4.74 Å². The molecule has 0 N–H and O–H groups in total. The molecule has 0 amide bonds. The third-order valence-electron chi connectivity index (χ3n) is 8.31. The van der Waals surface area contributed by atoms with E-state index in [4.69, 9.17) is 4.74 Å². The minimum atomic E-state index is 0. The number of hydrogen-bond acceptors (Lipinski definition) is 4. The first-order chi connectivity index (χ1) is 15.3. The summed E-state index contributed by atoms with van der Waals surface area (Å²) in [5, 5.41) is 0. The minimum absolute atomic E-state index is 0. The Morgan fingerprint density at radius 2 is 1.48 bits per heavy atom. The first kappa shape index (κ1) is 25.1. The van der Waals surface area contributed by atoms with Crippen LogP contribution in [0.1, 0.15) is 71.3 Å². The van der Waals surface area contributed by atoms with Gasteiger partial charge in [0.15, 0.2) is 0 Å². The van der Waals surface area contributed by atoms with Gasteiger partial charge in [-0.05, 0) is 78.5 Å². The molecule has 1 aromatic rings. The fraction of sp³-hybridized carbons (Fsp3) is 0.786. The number of ether oxygens (including phenoxy) is 1. The maximum Gasteiger partial charge on any atom is 0.0642 e. The Morgan fingerprint density at radius 1 is 0.848 bits per heavy atom. The van der Waals surface area contributed by atoms with Crippen LogP contribution >= 0.6 is 12.4 Å². The predicted molar refractivity (Wildman–Crippen MR) is 142 cm³/mol. The fourth-order valence-corrected chi connectivity index (χ4v) is 7.08. The molecule has 0 radical (unpaired) electrons. The number of morpholine rings is 1. The topological polar surface area (TPSA) is 19.0 Å². The molecule has 5 rings (SSSR count). The number of rotatable bonds is 5. The lowest BCUT2D eigenvalue weighted by molar-refractivity contribution is 0.0969. The summed E-state index contributed by atoms with van der Waals surface area (Å²) in [5.41, 5.74) is 5.35. The first-order valence-electron chi connectivity index (χ1n) is 13.2. The van der Waals surface area contributed by atoms with Crippen molar-refractivity contribution in [1.29, 1.82) is 0 Å². The van der Waals surface area contributed by atoms with Crippen LogP contribution in [0.15, 0.2) is 18.2 Å². The van der Waals surface area contributed by atoms with Gasteiger partial charge in [0, 0.05) is 57.2 Å². The van der Waals surface area contributed by atoms with E-state index in [0.717, 1.165) is 32.2 Å². The molecule has 4 nitrogen and oxygen atoms in total. The van der Waals surface area contributed by atoms with Crippen molar-refractivity contribution >= 4 is 23.8 Å². The van der Waals surface area contributed by atoms with E-state index in [9.17, 15) is 0 Å². The highest BCUT2D eigenvalue weighted by atomic mass is 35.5.